The van der Waals surface area contributed by atoms with Gasteiger partial charge in [-0.25, -0.2) is 4.68 Å². The van der Waals surface area contributed by atoms with Crippen LogP contribution in [-0.2, 0) is 13.6 Å². The highest BCUT2D eigenvalue weighted by Crippen LogP contribution is 2.43. The third-order valence-corrected chi connectivity index (χ3v) is 5.39. The van der Waals surface area contributed by atoms with Crippen molar-refractivity contribution < 1.29 is 22.4 Å². The molecule has 1 amide bonds. The highest BCUT2D eigenvalue weighted by molar-refractivity contribution is 5.93. The van der Waals surface area contributed by atoms with Crippen molar-refractivity contribution in [2.24, 2.45) is 7.05 Å². The zero-order chi connectivity index (χ0) is 21.6. The third-order valence-electron chi connectivity index (χ3n) is 5.39. The number of carbonyl (C=O) groups excluding carboxylic acids is 1. The molecule has 3 aromatic heterocycles. The van der Waals surface area contributed by atoms with Crippen LogP contribution in [0.5, 0.6) is 0 Å². The molecule has 3 aromatic rings. The summed E-state index contributed by atoms with van der Waals surface area (Å²) in [4.78, 5) is 12.6. The zero-order valence-corrected chi connectivity index (χ0v) is 16.6. The Morgan fingerprint density at radius 1 is 1.37 bits per heavy atom. The van der Waals surface area contributed by atoms with Crippen LogP contribution in [0.3, 0.4) is 0 Å². The summed E-state index contributed by atoms with van der Waals surface area (Å²) in [7, 11) is 1.80. The smallest absolute Gasteiger partial charge is 0.410 e. The second kappa shape index (κ2) is 7.22. The highest BCUT2D eigenvalue weighted by Gasteiger charge is 2.47. The molecule has 11 heteroatoms. The van der Waals surface area contributed by atoms with E-state index in [-0.39, 0.29) is 24.5 Å². The lowest BCUT2D eigenvalue weighted by molar-refractivity contribution is -0.174. The van der Waals surface area contributed by atoms with Crippen molar-refractivity contribution >= 4 is 11.7 Å². The van der Waals surface area contributed by atoms with E-state index in [9.17, 15) is 18.0 Å². The number of hydrogen-bond acceptors (Lipinski definition) is 5. The van der Waals surface area contributed by atoms with Gasteiger partial charge in [-0.2, -0.15) is 23.4 Å². The maximum Gasteiger partial charge on any atom is 0.410 e. The summed E-state index contributed by atoms with van der Waals surface area (Å²) in [5.41, 5.74) is 2.45. The van der Waals surface area contributed by atoms with Crippen LogP contribution in [0.2, 0.25) is 0 Å². The van der Waals surface area contributed by atoms with Gasteiger partial charge in [0.2, 0.25) is 0 Å². The van der Waals surface area contributed by atoms with Crippen molar-refractivity contribution in [1.82, 2.24) is 24.9 Å². The summed E-state index contributed by atoms with van der Waals surface area (Å²) < 4.78 is 48.8. The van der Waals surface area contributed by atoms with Gasteiger partial charge in [0.15, 0.2) is 11.7 Å². The molecule has 1 aliphatic heterocycles. The minimum Gasteiger partial charge on any atom is -0.467 e. The second-order valence-corrected chi connectivity index (χ2v) is 7.32. The molecule has 0 aliphatic carbocycles. The molecule has 4 heterocycles. The Kier molecular flexibility index (Phi) is 4.83. The summed E-state index contributed by atoms with van der Waals surface area (Å²) in [5.74, 6) is -0.0501. The Labute approximate surface area is 170 Å². The molecule has 0 unspecified atom stereocenters. The number of alkyl halides is 3. The molecule has 0 aromatic carbocycles. The van der Waals surface area contributed by atoms with E-state index in [1.165, 1.54) is 12.3 Å². The van der Waals surface area contributed by atoms with Crippen LogP contribution in [-0.4, -0.2) is 31.6 Å². The summed E-state index contributed by atoms with van der Waals surface area (Å²) in [5, 5.41) is 13.9. The van der Waals surface area contributed by atoms with Gasteiger partial charge in [-0.15, -0.1) is 0 Å². The van der Waals surface area contributed by atoms with Gasteiger partial charge in [-0.1, -0.05) is 0 Å². The minimum absolute atomic E-state index is 0.0916. The van der Waals surface area contributed by atoms with Crippen LogP contribution in [0.4, 0.5) is 19.0 Å². The average Bonchev–Trinajstić information content (AvgIpc) is 3.39. The van der Waals surface area contributed by atoms with Gasteiger partial charge in [-0.3, -0.25) is 9.48 Å². The summed E-state index contributed by atoms with van der Waals surface area (Å²) in [6.45, 7) is 3.91. The van der Waals surface area contributed by atoms with Gasteiger partial charge in [0.25, 0.3) is 5.91 Å². The quantitative estimate of drug-likeness (QED) is 0.673. The van der Waals surface area contributed by atoms with Crippen LogP contribution in [0.25, 0.3) is 0 Å². The van der Waals surface area contributed by atoms with Gasteiger partial charge in [0.1, 0.15) is 11.6 Å². The molecule has 0 radical (unpaired) electrons. The molecule has 0 saturated heterocycles. The highest BCUT2D eigenvalue weighted by atomic mass is 19.4. The molecule has 0 saturated carbocycles. The number of carbonyl (C=O) groups is 1. The average molecular weight is 422 g/mol. The summed E-state index contributed by atoms with van der Waals surface area (Å²) in [6, 6.07) is 2.02. The van der Waals surface area contributed by atoms with E-state index < -0.39 is 24.2 Å². The minimum atomic E-state index is -4.52. The molecule has 8 nitrogen and oxygen atoms in total. The van der Waals surface area contributed by atoms with Crippen molar-refractivity contribution in [3.05, 3.63) is 52.9 Å². The van der Waals surface area contributed by atoms with Crippen molar-refractivity contribution in [3.63, 3.8) is 0 Å². The lowest BCUT2D eigenvalue weighted by Gasteiger charge is -2.32. The number of anilines is 1. The topological polar surface area (TPSA) is 89.9 Å². The molecule has 0 spiro atoms. The number of furan rings is 1. The first-order chi connectivity index (χ1) is 14.1. The van der Waals surface area contributed by atoms with E-state index in [0.717, 1.165) is 21.6 Å². The van der Waals surface area contributed by atoms with Crippen LogP contribution in [0.1, 0.15) is 51.7 Å². The lowest BCUT2D eigenvalue weighted by atomic mass is 10.0. The zero-order valence-electron chi connectivity index (χ0n) is 16.6. The fourth-order valence-corrected chi connectivity index (χ4v) is 3.69. The van der Waals surface area contributed by atoms with Crippen molar-refractivity contribution in [1.29, 1.82) is 0 Å². The lowest BCUT2D eigenvalue weighted by Crippen LogP contribution is -2.35. The van der Waals surface area contributed by atoms with Crippen molar-refractivity contribution in [2.45, 2.75) is 45.1 Å². The Bertz CT molecular complexity index is 1070. The van der Waals surface area contributed by atoms with Crippen LogP contribution >= 0.6 is 0 Å². The third kappa shape index (κ3) is 3.55. The molecular weight excluding hydrogens is 401 g/mol. The van der Waals surface area contributed by atoms with Crippen molar-refractivity contribution in [3.8, 4) is 0 Å². The van der Waals surface area contributed by atoms with Gasteiger partial charge >= 0.3 is 6.18 Å². The maximum absolute atomic E-state index is 13.7. The molecule has 0 bridgehead atoms. The number of rotatable bonds is 4. The fourth-order valence-electron chi connectivity index (χ4n) is 3.69. The molecular formula is C19H21F3N6O2. The van der Waals surface area contributed by atoms with E-state index in [0.29, 0.717) is 5.76 Å². The van der Waals surface area contributed by atoms with Gasteiger partial charge < -0.3 is 15.1 Å². The predicted molar refractivity (Wildman–Crippen MR) is 101 cm³/mol. The first-order valence-electron chi connectivity index (χ1n) is 9.38. The number of nitrogens with zero attached hydrogens (tertiary/aromatic N) is 4. The van der Waals surface area contributed by atoms with E-state index in [4.69, 9.17) is 4.42 Å². The number of fused-ring (bicyclic) bond motifs is 1. The first kappa shape index (κ1) is 20.0. The SMILES string of the molecule is Cc1nn(C)c(C)c1CNC(=O)c1cc2n(n1)[C@H](C(F)(F)F)C[C@@H](c1ccco1)N2. The Hall–Kier alpha value is -3.24. The summed E-state index contributed by atoms with van der Waals surface area (Å²) >= 11 is 0. The molecule has 1 aliphatic rings. The van der Waals surface area contributed by atoms with E-state index in [2.05, 4.69) is 20.8 Å². The van der Waals surface area contributed by atoms with Gasteiger partial charge in [-0.05, 0) is 26.0 Å². The van der Waals surface area contributed by atoms with Crippen LogP contribution in [0.15, 0.2) is 28.9 Å². The normalized spacial score (nSPS) is 18.7. The standard InChI is InChI=1S/C19H21F3N6O2/c1-10-12(11(2)27(3)25-10)9-23-18(29)14-8-17-24-13(15-5-4-6-30-15)7-16(19(20,21)22)28(17)26-14/h4-6,8,13,16,24H,7,9H2,1-3H3,(H,23,29)/t13-,16-/m0/s1. The molecule has 4 rings (SSSR count). The largest absolute Gasteiger partial charge is 0.467 e. The molecule has 2 N–H and O–H groups in total. The number of hydrogen-bond donors (Lipinski definition) is 2. The van der Waals surface area contributed by atoms with Gasteiger partial charge in [0.05, 0.1) is 18.0 Å². The monoisotopic (exact) mass is 422 g/mol. The fraction of sp³-hybridized carbons (Fsp3) is 0.421. The maximum atomic E-state index is 13.7. The van der Waals surface area contributed by atoms with E-state index >= 15 is 0 Å². The van der Waals surface area contributed by atoms with Crippen LogP contribution < -0.4 is 10.6 Å². The van der Waals surface area contributed by atoms with E-state index in [1.54, 1.807) is 23.9 Å². The number of amides is 1. The number of nitrogens with one attached hydrogen (secondary N) is 2. The number of halogens is 3. The molecule has 160 valence electrons. The van der Waals surface area contributed by atoms with Gasteiger partial charge in [0, 0.05) is 37.3 Å². The molecule has 30 heavy (non-hydrogen) atoms. The van der Waals surface area contributed by atoms with E-state index in [1.807, 2.05) is 13.8 Å². The Balaban J connectivity index is 1.57. The summed E-state index contributed by atoms with van der Waals surface area (Å²) in [6.07, 6.45) is -3.40. The molecule has 2 atom stereocenters. The Morgan fingerprint density at radius 2 is 2.13 bits per heavy atom. The number of aromatic nitrogens is 4. The van der Waals surface area contributed by atoms with Crippen molar-refractivity contribution in [2.75, 3.05) is 5.32 Å². The Morgan fingerprint density at radius 3 is 2.73 bits per heavy atom. The first-order valence-corrected chi connectivity index (χ1v) is 9.38. The second-order valence-electron chi connectivity index (χ2n) is 7.32. The number of aryl methyl sites for hydroxylation is 2. The van der Waals surface area contributed by atoms with Crippen LogP contribution in [0, 0.1) is 13.8 Å². The molecule has 0 fully saturated rings. The predicted octanol–water partition coefficient (Wildman–Crippen LogP) is 3.42.